The van der Waals surface area contributed by atoms with E-state index in [1.807, 2.05) is 11.1 Å². The van der Waals surface area contributed by atoms with Gasteiger partial charge < -0.3 is 14.4 Å². The molecule has 1 fully saturated rings. The zero-order valence-corrected chi connectivity index (χ0v) is 14.5. The number of aromatic nitrogens is 4. The van der Waals surface area contributed by atoms with Crippen molar-refractivity contribution in [2.24, 2.45) is 0 Å². The molecule has 1 aliphatic heterocycles. The van der Waals surface area contributed by atoms with E-state index >= 15 is 0 Å². The largest absolute Gasteiger partial charge is 0.337 e. The first-order chi connectivity index (χ1) is 11.6. The van der Waals surface area contributed by atoms with Gasteiger partial charge >= 0.3 is 0 Å². The molecule has 130 valence electrons. The Kier molecular flexibility index (Phi) is 5.30. The SMILES string of the molecule is CN(C)CCCn1ccnc1[C@@H]1CCCN(C(=O)c2ccn[nH]2)C1. The third kappa shape index (κ3) is 3.84. The maximum atomic E-state index is 12.5. The van der Waals surface area contributed by atoms with Crippen LogP contribution in [0.3, 0.4) is 0 Å². The second-order valence-corrected chi connectivity index (χ2v) is 6.70. The molecular formula is C17H26N6O. The number of carbonyl (C=O) groups excluding carboxylic acids is 1. The summed E-state index contributed by atoms with van der Waals surface area (Å²) < 4.78 is 2.25. The average molecular weight is 330 g/mol. The lowest BCUT2D eigenvalue weighted by Gasteiger charge is -2.32. The van der Waals surface area contributed by atoms with Crippen LogP contribution in [0.5, 0.6) is 0 Å². The van der Waals surface area contributed by atoms with Crippen LogP contribution in [0.2, 0.25) is 0 Å². The normalized spacial score (nSPS) is 18.3. The van der Waals surface area contributed by atoms with Gasteiger partial charge in [-0.2, -0.15) is 5.10 Å². The van der Waals surface area contributed by atoms with Gasteiger partial charge in [-0.25, -0.2) is 4.98 Å². The molecule has 7 heteroatoms. The first kappa shape index (κ1) is 16.7. The van der Waals surface area contributed by atoms with Crippen molar-refractivity contribution in [1.29, 1.82) is 0 Å². The molecule has 3 rings (SSSR count). The monoisotopic (exact) mass is 330 g/mol. The second-order valence-electron chi connectivity index (χ2n) is 6.70. The van der Waals surface area contributed by atoms with E-state index in [0.29, 0.717) is 11.6 Å². The molecule has 1 amide bonds. The van der Waals surface area contributed by atoms with Gasteiger partial charge in [-0.3, -0.25) is 9.89 Å². The molecule has 0 spiro atoms. The van der Waals surface area contributed by atoms with Crippen LogP contribution in [-0.2, 0) is 6.54 Å². The molecule has 0 bridgehead atoms. The van der Waals surface area contributed by atoms with Crippen molar-refractivity contribution >= 4 is 5.91 Å². The summed E-state index contributed by atoms with van der Waals surface area (Å²) in [6.07, 6.45) is 8.74. The number of H-pyrrole nitrogens is 1. The first-order valence-electron chi connectivity index (χ1n) is 8.59. The highest BCUT2D eigenvalue weighted by Crippen LogP contribution is 2.26. The molecular weight excluding hydrogens is 304 g/mol. The molecule has 24 heavy (non-hydrogen) atoms. The Balaban J connectivity index is 1.65. The molecule has 0 saturated carbocycles. The van der Waals surface area contributed by atoms with Gasteiger partial charge in [0.05, 0.1) is 0 Å². The van der Waals surface area contributed by atoms with E-state index in [-0.39, 0.29) is 5.91 Å². The molecule has 0 unspecified atom stereocenters. The lowest BCUT2D eigenvalue weighted by Crippen LogP contribution is -2.40. The number of piperidine rings is 1. The molecule has 0 radical (unpaired) electrons. The van der Waals surface area contributed by atoms with Crippen molar-refractivity contribution in [2.45, 2.75) is 31.7 Å². The van der Waals surface area contributed by atoms with Crippen molar-refractivity contribution in [3.8, 4) is 0 Å². The predicted octanol–water partition coefficient (Wildman–Crippen LogP) is 1.58. The molecule has 2 aromatic heterocycles. The zero-order chi connectivity index (χ0) is 16.9. The summed E-state index contributed by atoms with van der Waals surface area (Å²) in [5.41, 5.74) is 0.560. The quantitative estimate of drug-likeness (QED) is 0.873. The number of nitrogens with one attached hydrogen (secondary N) is 1. The molecule has 1 N–H and O–H groups in total. The van der Waals surface area contributed by atoms with E-state index in [1.165, 1.54) is 0 Å². The van der Waals surface area contributed by atoms with E-state index in [4.69, 9.17) is 0 Å². The number of hydrogen-bond acceptors (Lipinski definition) is 4. The fourth-order valence-corrected chi connectivity index (χ4v) is 3.34. The van der Waals surface area contributed by atoms with Gasteiger partial charge in [0.15, 0.2) is 0 Å². The number of hydrogen-bond donors (Lipinski definition) is 1. The Morgan fingerprint density at radius 3 is 3.04 bits per heavy atom. The van der Waals surface area contributed by atoms with Crippen LogP contribution < -0.4 is 0 Å². The molecule has 2 aromatic rings. The number of imidazole rings is 1. The summed E-state index contributed by atoms with van der Waals surface area (Å²) in [5.74, 6) is 1.44. The van der Waals surface area contributed by atoms with Crippen molar-refractivity contribution in [1.82, 2.24) is 29.5 Å². The van der Waals surface area contributed by atoms with E-state index < -0.39 is 0 Å². The minimum absolute atomic E-state index is 0.0305. The summed E-state index contributed by atoms with van der Waals surface area (Å²) in [6.45, 7) is 3.56. The van der Waals surface area contributed by atoms with Crippen molar-refractivity contribution < 1.29 is 4.79 Å². The first-order valence-corrected chi connectivity index (χ1v) is 8.59. The smallest absolute Gasteiger partial charge is 0.271 e. The topological polar surface area (TPSA) is 70.1 Å². The maximum Gasteiger partial charge on any atom is 0.271 e. The number of aryl methyl sites for hydroxylation is 1. The second kappa shape index (κ2) is 7.61. The van der Waals surface area contributed by atoms with Gasteiger partial charge in [-0.1, -0.05) is 0 Å². The molecule has 1 atom stereocenters. The van der Waals surface area contributed by atoms with Crippen molar-refractivity contribution in [3.05, 3.63) is 36.2 Å². The summed E-state index contributed by atoms with van der Waals surface area (Å²) in [7, 11) is 4.18. The fraction of sp³-hybridized carbons (Fsp3) is 0.588. The zero-order valence-electron chi connectivity index (χ0n) is 14.5. The number of carbonyl (C=O) groups is 1. The number of rotatable bonds is 6. The molecule has 0 aliphatic carbocycles. The molecule has 7 nitrogen and oxygen atoms in total. The van der Waals surface area contributed by atoms with Gasteiger partial charge in [-0.05, 0) is 46.0 Å². The number of amides is 1. The van der Waals surface area contributed by atoms with Crippen LogP contribution >= 0.6 is 0 Å². The van der Waals surface area contributed by atoms with Gasteiger partial charge in [-0.15, -0.1) is 0 Å². The molecule has 1 saturated heterocycles. The van der Waals surface area contributed by atoms with E-state index in [2.05, 4.69) is 44.9 Å². The molecule has 1 aliphatic rings. The third-order valence-electron chi connectivity index (χ3n) is 4.56. The van der Waals surface area contributed by atoms with E-state index in [0.717, 1.165) is 51.3 Å². The Labute approximate surface area is 142 Å². The summed E-state index contributed by atoms with van der Waals surface area (Å²) in [5, 5.41) is 6.64. The van der Waals surface area contributed by atoms with Crippen LogP contribution in [0.15, 0.2) is 24.7 Å². The van der Waals surface area contributed by atoms with Crippen LogP contribution in [-0.4, -0.2) is 69.2 Å². The lowest BCUT2D eigenvalue weighted by molar-refractivity contribution is 0.0697. The number of likely N-dealkylation sites (tertiary alicyclic amines) is 1. The van der Waals surface area contributed by atoms with Crippen molar-refractivity contribution in [2.75, 3.05) is 33.7 Å². The van der Waals surface area contributed by atoms with Gasteiger partial charge in [0.25, 0.3) is 5.91 Å². The fourth-order valence-electron chi connectivity index (χ4n) is 3.34. The summed E-state index contributed by atoms with van der Waals surface area (Å²) in [4.78, 5) is 21.2. The van der Waals surface area contributed by atoms with E-state index in [1.54, 1.807) is 12.3 Å². The maximum absolute atomic E-state index is 12.5. The van der Waals surface area contributed by atoms with Crippen LogP contribution in [0.1, 0.15) is 41.5 Å². The highest BCUT2D eigenvalue weighted by Gasteiger charge is 2.28. The third-order valence-corrected chi connectivity index (χ3v) is 4.56. The highest BCUT2D eigenvalue weighted by atomic mass is 16.2. The summed E-state index contributed by atoms with van der Waals surface area (Å²) >= 11 is 0. The Hall–Kier alpha value is -2.15. The van der Waals surface area contributed by atoms with Crippen LogP contribution in [0, 0.1) is 0 Å². The Morgan fingerprint density at radius 1 is 1.42 bits per heavy atom. The molecule has 0 aromatic carbocycles. The van der Waals surface area contributed by atoms with Crippen LogP contribution in [0.25, 0.3) is 0 Å². The number of aromatic amines is 1. The average Bonchev–Trinajstić information content (AvgIpc) is 3.26. The predicted molar refractivity (Wildman–Crippen MR) is 91.9 cm³/mol. The minimum atomic E-state index is 0.0305. The Morgan fingerprint density at radius 2 is 2.29 bits per heavy atom. The highest BCUT2D eigenvalue weighted by molar-refractivity contribution is 5.92. The van der Waals surface area contributed by atoms with Crippen molar-refractivity contribution in [3.63, 3.8) is 0 Å². The lowest BCUT2D eigenvalue weighted by atomic mass is 9.96. The van der Waals surface area contributed by atoms with Gasteiger partial charge in [0, 0.05) is 44.1 Å². The minimum Gasteiger partial charge on any atom is -0.337 e. The summed E-state index contributed by atoms with van der Waals surface area (Å²) in [6, 6.07) is 1.73. The van der Waals surface area contributed by atoms with Crippen LogP contribution in [0.4, 0.5) is 0 Å². The number of nitrogens with zero attached hydrogens (tertiary/aromatic N) is 5. The van der Waals surface area contributed by atoms with Gasteiger partial charge in [0.2, 0.25) is 0 Å². The Bertz CT molecular complexity index is 648. The standard InChI is InChI=1S/C17H26N6O/c1-21(2)9-4-11-22-12-8-18-16(22)14-5-3-10-23(13-14)17(24)15-6-7-19-20-15/h6-8,12,14H,3-5,9-11,13H2,1-2H3,(H,19,20)/t14-/m1/s1. The van der Waals surface area contributed by atoms with E-state index in [9.17, 15) is 4.79 Å². The van der Waals surface area contributed by atoms with Gasteiger partial charge in [0.1, 0.15) is 11.5 Å². The molecule has 3 heterocycles.